The van der Waals surface area contributed by atoms with Crippen molar-refractivity contribution >= 4 is 17.4 Å². The van der Waals surface area contributed by atoms with E-state index in [0.29, 0.717) is 29.2 Å². The van der Waals surface area contributed by atoms with E-state index in [2.05, 4.69) is 36.8 Å². The first-order valence-corrected chi connectivity index (χ1v) is 9.33. The maximum absolute atomic E-state index is 6.05. The van der Waals surface area contributed by atoms with Gasteiger partial charge in [0.05, 0.1) is 6.54 Å². The Balaban J connectivity index is 1.36. The summed E-state index contributed by atoms with van der Waals surface area (Å²) in [4.78, 5) is 17.7. The molecule has 7 nitrogen and oxygen atoms in total. The minimum Gasteiger partial charge on any atom is -0.354 e. The summed E-state index contributed by atoms with van der Waals surface area (Å²) >= 11 is 6.05. The summed E-state index contributed by atoms with van der Waals surface area (Å²) in [5.74, 6) is 2.84. The van der Waals surface area contributed by atoms with Crippen LogP contribution < -0.4 is 4.90 Å². The summed E-state index contributed by atoms with van der Waals surface area (Å²) in [5, 5.41) is 4.59. The number of hydrogen-bond acceptors (Lipinski definition) is 7. The van der Waals surface area contributed by atoms with E-state index in [1.54, 1.807) is 0 Å². The molecule has 1 saturated heterocycles. The van der Waals surface area contributed by atoms with Crippen molar-refractivity contribution in [2.24, 2.45) is 0 Å². The van der Waals surface area contributed by atoms with Gasteiger partial charge in [-0.1, -0.05) is 46.6 Å². The van der Waals surface area contributed by atoms with Gasteiger partial charge in [0.2, 0.25) is 11.7 Å². The first-order valence-electron chi connectivity index (χ1n) is 8.95. The third-order valence-corrected chi connectivity index (χ3v) is 4.82. The van der Waals surface area contributed by atoms with Crippen LogP contribution in [0.2, 0.25) is 5.15 Å². The molecule has 1 aromatic carbocycles. The molecule has 3 heterocycles. The average molecular weight is 385 g/mol. The van der Waals surface area contributed by atoms with Gasteiger partial charge < -0.3 is 9.42 Å². The van der Waals surface area contributed by atoms with Crippen LogP contribution in [-0.2, 0) is 6.54 Å². The molecular formula is C19H21ClN6O. The molecule has 1 aliphatic rings. The van der Waals surface area contributed by atoms with Gasteiger partial charge in [-0.2, -0.15) is 4.98 Å². The molecule has 0 saturated carbocycles. The summed E-state index contributed by atoms with van der Waals surface area (Å²) in [6.45, 7) is 8.08. The number of benzene rings is 1. The largest absolute Gasteiger partial charge is 0.354 e. The van der Waals surface area contributed by atoms with Gasteiger partial charge in [0.1, 0.15) is 16.8 Å². The lowest BCUT2D eigenvalue weighted by molar-refractivity contribution is 0.215. The maximum atomic E-state index is 6.05. The van der Waals surface area contributed by atoms with Crippen LogP contribution in [0, 0.1) is 13.8 Å². The first-order chi connectivity index (χ1) is 13.1. The number of anilines is 1. The minimum atomic E-state index is 0.481. The average Bonchev–Trinajstić information content (AvgIpc) is 3.10. The van der Waals surface area contributed by atoms with Crippen LogP contribution in [0.5, 0.6) is 0 Å². The van der Waals surface area contributed by atoms with Crippen LogP contribution in [0.3, 0.4) is 0 Å². The number of rotatable bonds is 4. The van der Waals surface area contributed by atoms with E-state index in [-0.39, 0.29) is 0 Å². The second-order valence-electron chi connectivity index (χ2n) is 6.74. The lowest BCUT2D eigenvalue weighted by Gasteiger charge is -2.34. The quantitative estimate of drug-likeness (QED) is 0.640. The van der Waals surface area contributed by atoms with Crippen LogP contribution in [0.25, 0.3) is 11.4 Å². The minimum absolute atomic E-state index is 0.481. The zero-order valence-corrected chi connectivity index (χ0v) is 16.1. The van der Waals surface area contributed by atoms with E-state index < -0.39 is 0 Å². The topological polar surface area (TPSA) is 71.2 Å². The van der Waals surface area contributed by atoms with E-state index in [1.165, 1.54) is 5.56 Å². The van der Waals surface area contributed by atoms with Crippen molar-refractivity contribution in [2.75, 3.05) is 31.1 Å². The molecular weight excluding hydrogens is 364 g/mol. The van der Waals surface area contributed by atoms with Crippen LogP contribution in [-0.4, -0.2) is 51.2 Å². The molecule has 1 aliphatic heterocycles. The van der Waals surface area contributed by atoms with Crippen molar-refractivity contribution in [1.82, 2.24) is 25.0 Å². The van der Waals surface area contributed by atoms with Gasteiger partial charge >= 0.3 is 0 Å². The fourth-order valence-corrected chi connectivity index (χ4v) is 3.36. The second-order valence-corrected chi connectivity index (χ2v) is 7.12. The molecule has 0 radical (unpaired) electrons. The molecule has 2 aromatic heterocycles. The van der Waals surface area contributed by atoms with Gasteiger partial charge in [0.25, 0.3) is 0 Å². The van der Waals surface area contributed by atoms with Gasteiger partial charge in [-0.25, -0.2) is 9.97 Å². The Kier molecular flexibility index (Phi) is 5.05. The van der Waals surface area contributed by atoms with E-state index in [1.807, 2.05) is 37.3 Å². The molecule has 4 rings (SSSR count). The number of nitrogens with zero attached hydrogens (tertiary/aromatic N) is 6. The summed E-state index contributed by atoms with van der Waals surface area (Å²) in [5.41, 5.74) is 2.18. The summed E-state index contributed by atoms with van der Waals surface area (Å²) in [7, 11) is 0. The van der Waals surface area contributed by atoms with Crippen molar-refractivity contribution in [3.05, 3.63) is 52.8 Å². The third-order valence-electron chi connectivity index (χ3n) is 4.63. The van der Waals surface area contributed by atoms with E-state index >= 15 is 0 Å². The molecule has 0 bridgehead atoms. The fraction of sp³-hybridized carbons (Fsp3) is 0.368. The predicted octanol–water partition coefficient (Wildman–Crippen LogP) is 3.12. The van der Waals surface area contributed by atoms with Crippen LogP contribution in [0.15, 0.2) is 34.9 Å². The first kappa shape index (κ1) is 17.9. The number of aromatic nitrogens is 4. The molecule has 0 aliphatic carbocycles. The summed E-state index contributed by atoms with van der Waals surface area (Å²) < 4.78 is 5.44. The predicted molar refractivity (Wildman–Crippen MR) is 104 cm³/mol. The number of aryl methyl sites for hydroxylation is 2. The standard InChI is InChI=1S/C19H21ClN6O/c1-13-3-5-15(6-4-13)19-23-18(27-24-19)12-25-7-9-26(10-8-25)17-11-16(20)21-14(2)22-17/h3-6,11H,7-10,12H2,1-2H3. The van der Waals surface area contributed by atoms with Crippen molar-refractivity contribution in [1.29, 1.82) is 0 Å². The number of piperazine rings is 1. The Hall–Kier alpha value is -2.51. The van der Waals surface area contributed by atoms with Gasteiger partial charge in [-0.05, 0) is 13.8 Å². The lowest BCUT2D eigenvalue weighted by atomic mass is 10.1. The molecule has 0 atom stereocenters. The van der Waals surface area contributed by atoms with Crippen molar-refractivity contribution in [3.63, 3.8) is 0 Å². The van der Waals surface area contributed by atoms with Crippen molar-refractivity contribution < 1.29 is 4.52 Å². The summed E-state index contributed by atoms with van der Waals surface area (Å²) in [6.07, 6.45) is 0. The van der Waals surface area contributed by atoms with E-state index in [4.69, 9.17) is 16.1 Å². The highest BCUT2D eigenvalue weighted by Gasteiger charge is 2.21. The fourth-order valence-electron chi connectivity index (χ4n) is 3.14. The Morgan fingerprint density at radius 2 is 1.74 bits per heavy atom. The molecule has 0 N–H and O–H groups in total. The van der Waals surface area contributed by atoms with Gasteiger partial charge in [0, 0.05) is 37.8 Å². The van der Waals surface area contributed by atoms with Crippen LogP contribution >= 0.6 is 11.6 Å². The molecule has 140 valence electrons. The normalized spacial score (nSPS) is 15.3. The third kappa shape index (κ3) is 4.26. The molecule has 1 fully saturated rings. The molecule has 8 heteroatoms. The van der Waals surface area contributed by atoms with Crippen LogP contribution in [0.4, 0.5) is 5.82 Å². The Labute approximate surface area is 163 Å². The highest BCUT2D eigenvalue weighted by molar-refractivity contribution is 6.29. The molecule has 0 spiro atoms. The smallest absolute Gasteiger partial charge is 0.241 e. The zero-order chi connectivity index (χ0) is 18.8. The number of halogens is 1. The summed E-state index contributed by atoms with van der Waals surface area (Å²) in [6, 6.07) is 9.93. The van der Waals surface area contributed by atoms with E-state index in [0.717, 1.165) is 37.6 Å². The van der Waals surface area contributed by atoms with E-state index in [9.17, 15) is 0 Å². The van der Waals surface area contributed by atoms with Crippen molar-refractivity contribution in [3.8, 4) is 11.4 Å². The second kappa shape index (κ2) is 7.62. The van der Waals surface area contributed by atoms with Crippen molar-refractivity contribution in [2.45, 2.75) is 20.4 Å². The zero-order valence-electron chi connectivity index (χ0n) is 15.4. The maximum Gasteiger partial charge on any atom is 0.241 e. The van der Waals surface area contributed by atoms with Gasteiger partial charge in [-0.3, -0.25) is 4.90 Å². The molecule has 3 aromatic rings. The SMILES string of the molecule is Cc1ccc(-c2noc(CN3CCN(c4cc(Cl)nc(C)n4)CC3)n2)cc1. The Morgan fingerprint density at radius 3 is 2.44 bits per heavy atom. The highest BCUT2D eigenvalue weighted by atomic mass is 35.5. The van der Waals surface area contributed by atoms with Gasteiger partial charge in [0.15, 0.2) is 0 Å². The Bertz CT molecular complexity index is 898. The lowest BCUT2D eigenvalue weighted by Crippen LogP contribution is -2.46. The van der Waals surface area contributed by atoms with Gasteiger partial charge in [-0.15, -0.1) is 0 Å². The van der Waals surface area contributed by atoms with Crippen LogP contribution in [0.1, 0.15) is 17.3 Å². The highest BCUT2D eigenvalue weighted by Crippen LogP contribution is 2.20. The molecule has 27 heavy (non-hydrogen) atoms. The Morgan fingerprint density at radius 1 is 1.00 bits per heavy atom. The molecule has 0 unspecified atom stereocenters. The monoisotopic (exact) mass is 384 g/mol. The molecule has 0 amide bonds. The number of hydrogen-bond donors (Lipinski definition) is 0.